The first-order chi connectivity index (χ1) is 7.93. The SMILES string of the molecule is c1cc(C2=NOCC2)ccc1C1=NOCC1. The minimum atomic E-state index is 0.692. The summed E-state index contributed by atoms with van der Waals surface area (Å²) in [5.74, 6) is 0. The maximum atomic E-state index is 4.99. The van der Waals surface area contributed by atoms with Crippen molar-refractivity contribution < 1.29 is 9.68 Å². The van der Waals surface area contributed by atoms with Crippen LogP contribution in [0.15, 0.2) is 34.6 Å². The number of benzene rings is 1. The van der Waals surface area contributed by atoms with Crippen LogP contribution in [-0.4, -0.2) is 24.6 Å². The van der Waals surface area contributed by atoms with Crippen LogP contribution in [0.4, 0.5) is 0 Å². The van der Waals surface area contributed by atoms with Gasteiger partial charge in [0, 0.05) is 12.8 Å². The van der Waals surface area contributed by atoms with Crippen LogP contribution < -0.4 is 0 Å². The van der Waals surface area contributed by atoms with E-state index < -0.39 is 0 Å². The molecule has 0 fully saturated rings. The Hall–Kier alpha value is -1.84. The van der Waals surface area contributed by atoms with Crippen molar-refractivity contribution in [3.63, 3.8) is 0 Å². The van der Waals surface area contributed by atoms with Gasteiger partial charge in [-0.15, -0.1) is 0 Å². The van der Waals surface area contributed by atoms with E-state index in [-0.39, 0.29) is 0 Å². The Morgan fingerprint density at radius 2 is 1.19 bits per heavy atom. The lowest BCUT2D eigenvalue weighted by Crippen LogP contribution is -2.00. The molecular formula is C12H12N2O2. The maximum absolute atomic E-state index is 4.99. The molecule has 0 bridgehead atoms. The average Bonchev–Trinajstić information content (AvgIpc) is 3.03. The van der Waals surface area contributed by atoms with E-state index in [1.807, 2.05) is 0 Å². The molecule has 16 heavy (non-hydrogen) atoms. The van der Waals surface area contributed by atoms with Crippen LogP contribution in [0.2, 0.25) is 0 Å². The molecule has 1 aromatic carbocycles. The molecule has 4 nitrogen and oxygen atoms in total. The normalized spacial score (nSPS) is 18.8. The van der Waals surface area contributed by atoms with Gasteiger partial charge in [-0.05, 0) is 11.1 Å². The number of nitrogens with zero attached hydrogens (tertiary/aromatic N) is 2. The Bertz CT molecular complexity index is 406. The van der Waals surface area contributed by atoms with Gasteiger partial charge < -0.3 is 9.68 Å². The van der Waals surface area contributed by atoms with Gasteiger partial charge in [0.25, 0.3) is 0 Å². The summed E-state index contributed by atoms with van der Waals surface area (Å²) in [4.78, 5) is 9.97. The second kappa shape index (κ2) is 3.96. The van der Waals surface area contributed by atoms with E-state index in [2.05, 4.69) is 34.6 Å². The molecule has 0 radical (unpaired) electrons. The van der Waals surface area contributed by atoms with Crippen LogP contribution in [0.25, 0.3) is 0 Å². The van der Waals surface area contributed by atoms with Gasteiger partial charge >= 0.3 is 0 Å². The predicted molar refractivity (Wildman–Crippen MR) is 60.7 cm³/mol. The molecule has 82 valence electrons. The highest BCUT2D eigenvalue weighted by atomic mass is 16.6. The first-order valence-electron chi connectivity index (χ1n) is 5.42. The van der Waals surface area contributed by atoms with Gasteiger partial charge in [0.1, 0.15) is 13.2 Å². The van der Waals surface area contributed by atoms with Crippen LogP contribution in [0, 0.1) is 0 Å². The van der Waals surface area contributed by atoms with E-state index >= 15 is 0 Å². The molecule has 4 heteroatoms. The fraction of sp³-hybridized carbons (Fsp3) is 0.333. The molecule has 0 aromatic heterocycles. The van der Waals surface area contributed by atoms with Gasteiger partial charge in [-0.3, -0.25) is 0 Å². The molecule has 0 N–H and O–H groups in total. The summed E-state index contributed by atoms with van der Waals surface area (Å²) in [6.07, 6.45) is 1.78. The Morgan fingerprint density at radius 1 is 0.750 bits per heavy atom. The topological polar surface area (TPSA) is 43.2 Å². The molecule has 0 amide bonds. The molecule has 3 rings (SSSR count). The summed E-state index contributed by atoms with van der Waals surface area (Å²) < 4.78 is 0. The van der Waals surface area contributed by atoms with Crippen LogP contribution in [0.3, 0.4) is 0 Å². The fourth-order valence-corrected chi connectivity index (χ4v) is 1.87. The Morgan fingerprint density at radius 3 is 1.50 bits per heavy atom. The lowest BCUT2D eigenvalue weighted by atomic mass is 10.0. The molecule has 2 aliphatic heterocycles. The van der Waals surface area contributed by atoms with Crippen molar-refractivity contribution in [1.29, 1.82) is 0 Å². The van der Waals surface area contributed by atoms with Gasteiger partial charge in [-0.25, -0.2) is 0 Å². The molecule has 2 aliphatic rings. The van der Waals surface area contributed by atoms with Gasteiger partial charge in [-0.1, -0.05) is 34.6 Å². The van der Waals surface area contributed by atoms with Crippen molar-refractivity contribution in [2.45, 2.75) is 12.8 Å². The average molecular weight is 216 g/mol. The molecule has 0 saturated heterocycles. The zero-order valence-electron chi connectivity index (χ0n) is 8.85. The molecule has 0 saturated carbocycles. The van der Waals surface area contributed by atoms with E-state index in [0.717, 1.165) is 35.4 Å². The fourth-order valence-electron chi connectivity index (χ4n) is 1.87. The minimum Gasteiger partial charge on any atom is -0.395 e. The molecular weight excluding hydrogens is 204 g/mol. The van der Waals surface area contributed by atoms with Gasteiger partial charge in [-0.2, -0.15) is 0 Å². The Balaban J connectivity index is 1.84. The highest BCUT2D eigenvalue weighted by Crippen LogP contribution is 2.15. The summed E-state index contributed by atoms with van der Waals surface area (Å²) in [5.41, 5.74) is 4.30. The van der Waals surface area contributed by atoms with Gasteiger partial charge in [0.05, 0.1) is 11.4 Å². The van der Waals surface area contributed by atoms with Crippen LogP contribution >= 0.6 is 0 Å². The van der Waals surface area contributed by atoms with E-state index in [1.54, 1.807) is 0 Å². The third-order valence-electron chi connectivity index (χ3n) is 2.76. The van der Waals surface area contributed by atoms with E-state index in [0.29, 0.717) is 13.2 Å². The number of hydrogen-bond donors (Lipinski definition) is 0. The summed E-state index contributed by atoms with van der Waals surface area (Å²) in [5, 5.41) is 7.99. The largest absolute Gasteiger partial charge is 0.395 e. The molecule has 0 unspecified atom stereocenters. The molecule has 1 aromatic rings. The highest BCUT2D eigenvalue weighted by Gasteiger charge is 2.13. The Kier molecular flexibility index (Phi) is 2.33. The molecule has 0 aliphatic carbocycles. The van der Waals surface area contributed by atoms with Crippen LogP contribution in [0.5, 0.6) is 0 Å². The predicted octanol–water partition coefficient (Wildman–Crippen LogP) is 1.94. The monoisotopic (exact) mass is 216 g/mol. The van der Waals surface area contributed by atoms with Crippen molar-refractivity contribution >= 4 is 11.4 Å². The number of hydrogen-bond acceptors (Lipinski definition) is 4. The quantitative estimate of drug-likeness (QED) is 0.758. The maximum Gasteiger partial charge on any atom is 0.122 e. The molecule has 2 heterocycles. The number of rotatable bonds is 2. The van der Waals surface area contributed by atoms with Crippen molar-refractivity contribution in [3.8, 4) is 0 Å². The zero-order valence-corrected chi connectivity index (χ0v) is 8.85. The molecule has 0 spiro atoms. The third-order valence-corrected chi connectivity index (χ3v) is 2.76. The summed E-state index contributed by atoms with van der Waals surface area (Å²) in [6.45, 7) is 1.38. The van der Waals surface area contributed by atoms with E-state index in [9.17, 15) is 0 Å². The highest BCUT2D eigenvalue weighted by molar-refractivity contribution is 6.04. The van der Waals surface area contributed by atoms with Crippen molar-refractivity contribution in [2.75, 3.05) is 13.2 Å². The van der Waals surface area contributed by atoms with Crippen LogP contribution in [0.1, 0.15) is 24.0 Å². The van der Waals surface area contributed by atoms with E-state index in [1.165, 1.54) is 0 Å². The zero-order chi connectivity index (χ0) is 10.8. The first-order valence-corrected chi connectivity index (χ1v) is 5.42. The first kappa shape index (κ1) is 9.39. The van der Waals surface area contributed by atoms with Crippen molar-refractivity contribution in [3.05, 3.63) is 35.4 Å². The smallest absolute Gasteiger partial charge is 0.122 e. The lowest BCUT2D eigenvalue weighted by Gasteiger charge is -2.01. The minimum absolute atomic E-state index is 0.692. The standard InChI is InChI=1S/C12H12N2O2/c1-2-10(12-6-8-16-14-12)4-3-9(1)11-5-7-15-13-11/h1-4H,5-8H2. The summed E-state index contributed by atoms with van der Waals surface area (Å²) in [6, 6.07) is 8.24. The lowest BCUT2D eigenvalue weighted by molar-refractivity contribution is 0.173. The third kappa shape index (κ3) is 1.66. The molecule has 0 atom stereocenters. The second-order valence-electron chi connectivity index (χ2n) is 3.82. The van der Waals surface area contributed by atoms with Crippen LogP contribution in [-0.2, 0) is 9.68 Å². The number of oxime groups is 2. The Labute approximate surface area is 93.5 Å². The van der Waals surface area contributed by atoms with Crippen molar-refractivity contribution in [2.24, 2.45) is 10.3 Å². The van der Waals surface area contributed by atoms with E-state index in [4.69, 9.17) is 9.68 Å². The second-order valence-corrected chi connectivity index (χ2v) is 3.82. The summed E-state index contributed by atoms with van der Waals surface area (Å²) >= 11 is 0. The van der Waals surface area contributed by atoms with Gasteiger partial charge in [0.2, 0.25) is 0 Å². The summed E-state index contributed by atoms with van der Waals surface area (Å²) in [7, 11) is 0. The van der Waals surface area contributed by atoms with Crippen molar-refractivity contribution in [1.82, 2.24) is 0 Å². The van der Waals surface area contributed by atoms with Gasteiger partial charge in [0.15, 0.2) is 0 Å².